The summed E-state index contributed by atoms with van der Waals surface area (Å²) in [5.41, 5.74) is 5.18. The van der Waals surface area contributed by atoms with Crippen LogP contribution in [0.2, 0.25) is 0 Å². The van der Waals surface area contributed by atoms with Crippen LogP contribution in [-0.4, -0.2) is 12.8 Å². The third kappa shape index (κ3) is 3.76. The number of hydrogen-bond donors (Lipinski definition) is 0. The zero-order valence-corrected chi connectivity index (χ0v) is 13.2. The van der Waals surface area contributed by atoms with E-state index in [0.29, 0.717) is 6.61 Å². The van der Waals surface area contributed by atoms with Crippen LogP contribution in [0.1, 0.15) is 36.5 Å². The Morgan fingerprint density at radius 1 is 0.909 bits per heavy atom. The molecule has 0 atom stereocenters. The van der Waals surface area contributed by atoms with Crippen LogP contribution in [0.25, 0.3) is 0 Å². The molecule has 114 valence electrons. The topological polar surface area (TPSA) is 21.6 Å². The summed E-state index contributed by atoms with van der Waals surface area (Å²) in [7, 11) is 0. The van der Waals surface area contributed by atoms with Gasteiger partial charge in [-0.15, -0.1) is 0 Å². The van der Waals surface area contributed by atoms with Gasteiger partial charge in [-0.25, -0.2) is 0 Å². The Morgan fingerprint density at radius 3 is 2.36 bits per heavy atom. The van der Waals surface area contributed by atoms with Crippen LogP contribution in [0.5, 0.6) is 5.75 Å². The largest absolute Gasteiger partial charge is 0.486 e. The van der Waals surface area contributed by atoms with Gasteiger partial charge in [0, 0.05) is 6.21 Å². The number of aliphatic imine (C=N–C) groups is 1. The maximum Gasteiger partial charge on any atom is 0.145 e. The maximum atomic E-state index is 5.53. The molecule has 1 aliphatic heterocycles. The van der Waals surface area contributed by atoms with Crippen molar-refractivity contribution >= 4 is 11.9 Å². The second-order valence-corrected chi connectivity index (χ2v) is 5.80. The Morgan fingerprint density at radius 2 is 1.59 bits per heavy atom. The maximum absolute atomic E-state index is 5.53. The van der Waals surface area contributed by atoms with E-state index in [1.54, 1.807) is 0 Å². The second-order valence-electron chi connectivity index (χ2n) is 5.80. The van der Waals surface area contributed by atoms with E-state index < -0.39 is 0 Å². The molecule has 0 amide bonds. The molecule has 22 heavy (non-hydrogen) atoms. The number of ether oxygens (including phenoxy) is 1. The standard InChI is InChI=1S/C20H23NO/c1-2-16-7-9-17(10-8-16)5-3-4-6-18-11-12-20-19(15-18)21-13-14-22-20/h7-13,15H,2-6,14H2,1H3. The fourth-order valence-corrected chi connectivity index (χ4v) is 2.80. The Balaban J connectivity index is 1.48. The summed E-state index contributed by atoms with van der Waals surface area (Å²) in [5, 5.41) is 0. The van der Waals surface area contributed by atoms with Gasteiger partial charge in [0.25, 0.3) is 0 Å². The predicted molar refractivity (Wildman–Crippen MR) is 92.6 cm³/mol. The molecule has 0 aromatic heterocycles. The van der Waals surface area contributed by atoms with Crippen LogP contribution in [0.3, 0.4) is 0 Å². The van der Waals surface area contributed by atoms with Crippen molar-refractivity contribution in [3.8, 4) is 5.75 Å². The highest BCUT2D eigenvalue weighted by Crippen LogP contribution is 2.30. The minimum absolute atomic E-state index is 0.586. The highest BCUT2D eigenvalue weighted by molar-refractivity contribution is 5.71. The normalized spacial score (nSPS) is 12.8. The minimum atomic E-state index is 0.586. The van der Waals surface area contributed by atoms with Crippen molar-refractivity contribution in [3.63, 3.8) is 0 Å². The summed E-state index contributed by atoms with van der Waals surface area (Å²) in [5.74, 6) is 0.905. The van der Waals surface area contributed by atoms with Crippen molar-refractivity contribution in [3.05, 3.63) is 59.2 Å². The molecule has 0 fully saturated rings. The minimum Gasteiger partial charge on any atom is -0.486 e. The smallest absolute Gasteiger partial charge is 0.145 e. The number of hydrogen-bond acceptors (Lipinski definition) is 2. The Kier molecular flexibility index (Phi) is 4.89. The molecule has 2 aromatic carbocycles. The third-order valence-corrected chi connectivity index (χ3v) is 4.18. The van der Waals surface area contributed by atoms with Gasteiger partial charge in [0.15, 0.2) is 0 Å². The van der Waals surface area contributed by atoms with E-state index in [2.05, 4.69) is 48.3 Å². The second kappa shape index (κ2) is 7.26. The lowest BCUT2D eigenvalue weighted by Gasteiger charge is -2.12. The molecule has 0 bridgehead atoms. The fourth-order valence-electron chi connectivity index (χ4n) is 2.80. The number of aryl methyl sites for hydroxylation is 3. The Hall–Kier alpha value is -2.09. The average molecular weight is 293 g/mol. The van der Waals surface area contributed by atoms with Crippen LogP contribution >= 0.6 is 0 Å². The van der Waals surface area contributed by atoms with Crippen LogP contribution in [0, 0.1) is 0 Å². The first-order chi connectivity index (χ1) is 10.8. The summed E-state index contributed by atoms with van der Waals surface area (Å²) in [4.78, 5) is 4.40. The van der Waals surface area contributed by atoms with E-state index in [9.17, 15) is 0 Å². The molecular formula is C20H23NO. The van der Waals surface area contributed by atoms with E-state index in [0.717, 1.165) is 30.7 Å². The van der Waals surface area contributed by atoms with E-state index >= 15 is 0 Å². The van der Waals surface area contributed by atoms with Crippen LogP contribution in [0.15, 0.2) is 47.5 Å². The first-order valence-corrected chi connectivity index (χ1v) is 8.21. The van der Waals surface area contributed by atoms with Gasteiger partial charge in [-0.1, -0.05) is 37.3 Å². The van der Waals surface area contributed by atoms with Crippen LogP contribution in [0.4, 0.5) is 5.69 Å². The zero-order chi connectivity index (χ0) is 15.2. The van der Waals surface area contributed by atoms with Crippen LogP contribution in [-0.2, 0) is 19.3 Å². The van der Waals surface area contributed by atoms with Crippen molar-refractivity contribution in [2.24, 2.45) is 4.99 Å². The number of benzene rings is 2. The molecule has 1 aliphatic rings. The molecule has 0 N–H and O–H groups in total. The predicted octanol–water partition coefficient (Wildman–Crippen LogP) is 4.91. The molecule has 0 saturated carbocycles. The highest BCUT2D eigenvalue weighted by Gasteiger charge is 2.07. The highest BCUT2D eigenvalue weighted by atomic mass is 16.5. The lowest BCUT2D eigenvalue weighted by Crippen LogP contribution is -2.02. The summed E-state index contributed by atoms with van der Waals surface area (Å²) >= 11 is 0. The van der Waals surface area contributed by atoms with Gasteiger partial charge in [-0.05, 0) is 60.9 Å². The fraction of sp³-hybridized carbons (Fsp3) is 0.350. The Bertz CT molecular complexity index is 643. The summed E-state index contributed by atoms with van der Waals surface area (Å²) in [6, 6.07) is 15.4. The van der Waals surface area contributed by atoms with Crippen LogP contribution < -0.4 is 4.74 Å². The SMILES string of the molecule is CCc1ccc(CCCCc2ccc3c(c2)N=CCO3)cc1. The van der Waals surface area contributed by atoms with Gasteiger partial charge in [-0.2, -0.15) is 0 Å². The Labute approximate surface area is 132 Å². The first kappa shape index (κ1) is 14.8. The molecule has 0 radical (unpaired) electrons. The van der Waals surface area contributed by atoms with Gasteiger partial charge >= 0.3 is 0 Å². The molecule has 2 aromatic rings. The summed E-state index contributed by atoms with van der Waals surface area (Å²) in [6.45, 7) is 2.78. The number of rotatable bonds is 6. The molecule has 0 saturated heterocycles. The lowest BCUT2D eigenvalue weighted by molar-refractivity contribution is 0.376. The molecule has 0 aliphatic carbocycles. The quantitative estimate of drug-likeness (QED) is 0.693. The third-order valence-electron chi connectivity index (χ3n) is 4.18. The van der Waals surface area contributed by atoms with E-state index in [1.807, 2.05) is 12.3 Å². The van der Waals surface area contributed by atoms with Crippen molar-refractivity contribution < 1.29 is 4.74 Å². The van der Waals surface area contributed by atoms with Gasteiger partial charge in [0.1, 0.15) is 18.0 Å². The van der Waals surface area contributed by atoms with Crippen molar-refractivity contribution in [1.82, 2.24) is 0 Å². The molecule has 2 heteroatoms. The summed E-state index contributed by atoms with van der Waals surface area (Å²) in [6.07, 6.45) is 7.64. The lowest BCUT2D eigenvalue weighted by atomic mass is 10.0. The summed E-state index contributed by atoms with van der Waals surface area (Å²) < 4.78 is 5.53. The molecule has 0 spiro atoms. The van der Waals surface area contributed by atoms with E-state index in [4.69, 9.17) is 4.74 Å². The van der Waals surface area contributed by atoms with Gasteiger partial charge < -0.3 is 4.74 Å². The zero-order valence-electron chi connectivity index (χ0n) is 13.2. The van der Waals surface area contributed by atoms with E-state index in [1.165, 1.54) is 29.5 Å². The van der Waals surface area contributed by atoms with E-state index in [-0.39, 0.29) is 0 Å². The van der Waals surface area contributed by atoms with Crippen molar-refractivity contribution in [1.29, 1.82) is 0 Å². The van der Waals surface area contributed by atoms with Gasteiger partial charge in [0.2, 0.25) is 0 Å². The molecular weight excluding hydrogens is 270 g/mol. The number of unbranched alkanes of at least 4 members (excludes halogenated alkanes) is 1. The monoisotopic (exact) mass is 293 g/mol. The van der Waals surface area contributed by atoms with Gasteiger partial charge in [-0.3, -0.25) is 4.99 Å². The number of nitrogens with zero attached hydrogens (tertiary/aromatic N) is 1. The number of fused-ring (bicyclic) bond motifs is 1. The molecule has 1 heterocycles. The molecule has 3 rings (SSSR count). The van der Waals surface area contributed by atoms with Crippen molar-refractivity contribution in [2.45, 2.75) is 39.0 Å². The average Bonchev–Trinajstić information content (AvgIpc) is 2.59. The molecule has 2 nitrogen and oxygen atoms in total. The van der Waals surface area contributed by atoms with Crippen molar-refractivity contribution in [2.75, 3.05) is 6.61 Å². The molecule has 0 unspecified atom stereocenters. The van der Waals surface area contributed by atoms with Gasteiger partial charge in [0.05, 0.1) is 0 Å². The first-order valence-electron chi connectivity index (χ1n) is 8.21.